The Labute approximate surface area is 95.5 Å². The second kappa shape index (κ2) is 10.4. The summed E-state index contributed by atoms with van der Waals surface area (Å²) in [5, 5.41) is 11.3. The Kier molecular flexibility index (Phi) is 10.4. The van der Waals surface area contributed by atoms with Gasteiger partial charge in [0.25, 0.3) is 0 Å². The van der Waals surface area contributed by atoms with E-state index in [1.165, 1.54) is 38.5 Å². The molecule has 0 amide bonds. The average molecular weight is 215 g/mol. The van der Waals surface area contributed by atoms with E-state index in [1.54, 1.807) is 0 Å². The number of hydrogen-bond donors (Lipinski definition) is 2. The predicted molar refractivity (Wildman–Crippen MR) is 67.1 cm³/mol. The van der Waals surface area contributed by atoms with Crippen LogP contribution in [-0.2, 0) is 0 Å². The largest absolute Gasteiger partial charge is 0.396 e. The lowest BCUT2D eigenvalue weighted by Crippen LogP contribution is -2.32. The summed E-state index contributed by atoms with van der Waals surface area (Å²) in [7, 11) is 2.10. The summed E-state index contributed by atoms with van der Waals surface area (Å²) >= 11 is 0. The maximum absolute atomic E-state index is 7.88. The normalized spacial score (nSPS) is 27.2. The summed E-state index contributed by atoms with van der Waals surface area (Å²) in [6.07, 6.45) is 9.46. The Hall–Kier alpha value is -0.0800. The van der Waals surface area contributed by atoms with Crippen molar-refractivity contribution in [3.05, 3.63) is 0 Å². The van der Waals surface area contributed by atoms with Gasteiger partial charge in [-0.15, -0.1) is 0 Å². The fourth-order valence-electron chi connectivity index (χ4n) is 2.10. The van der Waals surface area contributed by atoms with Gasteiger partial charge in [-0.1, -0.05) is 39.5 Å². The minimum absolute atomic E-state index is 0.319. The van der Waals surface area contributed by atoms with Gasteiger partial charge in [0.05, 0.1) is 0 Å². The average Bonchev–Trinajstić information content (AvgIpc) is 2.25. The second-order valence-corrected chi connectivity index (χ2v) is 4.59. The molecule has 1 saturated carbocycles. The van der Waals surface area contributed by atoms with Crippen LogP contribution in [0.4, 0.5) is 0 Å². The minimum atomic E-state index is 0.319. The third kappa shape index (κ3) is 7.80. The topological polar surface area (TPSA) is 32.3 Å². The van der Waals surface area contributed by atoms with Crippen LogP contribution in [0.25, 0.3) is 0 Å². The number of rotatable bonds is 2. The van der Waals surface area contributed by atoms with Crippen molar-refractivity contribution in [3.63, 3.8) is 0 Å². The van der Waals surface area contributed by atoms with Crippen LogP contribution in [0.15, 0.2) is 0 Å². The first-order valence-electron chi connectivity index (χ1n) is 6.54. The third-order valence-electron chi connectivity index (χ3n) is 3.21. The summed E-state index contributed by atoms with van der Waals surface area (Å²) in [6.45, 7) is 4.63. The van der Waals surface area contributed by atoms with Crippen LogP contribution in [0.1, 0.15) is 58.8 Å². The zero-order valence-electron chi connectivity index (χ0n) is 10.8. The van der Waals surface area contributed by atoms with E-state index in [-0.39, 0.29) is 0 Å². The molecule has 1 fully saturated rings. The van der Waals surface area contributed by atoms with Gasteiger partial charge in [-0.25, -0.2) is 0 Å². The van der Waals surface area contributed by atoms with E-state index < -0.39 is 0 Å². The van der Waals surface area contributed by atoms with Crippen molar-refractivity contribution in [2.75, 3.05) is 13.7 Å². The molecule has 0 aromatic heterocycles. The second-order valence-electron chi connectivity index (χ2n) is 4.59. The summed E-state index contributed by atoms with van der Waals surface area (Å²) in [6, 6.07) is 0.787. The molecule has 0 heterocycles. The minimum Gasteiger partial charge on any atom is -0.396 e. The van der Waals surface area contributed by atoms with Crippen LogP contribution in [0.5, 0.6) is 0 Å². The van der Waals surface area contributed by atoms with Crippen LogP contribution in [0.2, 0.25) is 0 Å². The van der Waals surface area contributed by atoms with Gasteiger partial charge < -0.3 is 10.4 Å². The van der Waals surface area contributed by atoms with Gasteiger partial charge in [-0.3, -0.25) is 0 Å². The molecule has 0 spiro atoms. The van der Waals surface area contributed by atoms with Crippen molar-refractivity contribution < 1.29 is 5.11 Å². The molecule has 2 nitrogen and oxygen atoms in total. The molecule has 1 aliphatic rings. The molecule has 92 valence electrons. The first-order chi connectivity index (χ1) is 7.26. The summed E-state index contributed by atoms with van der Waals surface area (Å²) in [5.41, 5.74) is 0. The number of nitrogens with one attached hydrogen (secondary N) is 1. The zero-order chi connectivity index (χ0) is 11.5. The molecular formula is C13H29NO. The summed E-state index contributed by atoms with van der Waals surface area (Å²) in [4.78, 5) is 0. The highest BCUT2D eigenvalue weighted by Gasteiger charge is 2.16. The first kappa shape index (κ1) is 14.9. The Bertz CT molecular complexity index is 126. The highest BCUT2D eigenvalue weighted by Crippen LogP contribution is 2.21. The maximum Gasteiger partial charge on any atom is 0.0428 e. The van der Waals surface area contributed by atoms with Crippen molar-refractivity contribution in [2.45, 2.75) is 64.8 Å². The molecule has 0 aromatic carbocycles. The fourth-order valence-corrected chi connectivity index (χ4v) is 2.10. The molecule has 2 unspecified atom stereocenters. The lowest BCUT2D eigenvalue weighted by Gasteiger charge is -2.25. The van der Waals surface area contributed by atoms with Crippen molar-refractivity contribution in [3.8, 4) is 0 Å². The highest BCUT2D eigenvalue weighted by atomic mass is 16.2. The molecule has 1 aliphatic carbocycles. The van der Waals surface area contributed by atoms with Gasteiger partial charge in [0.15, 0.2) is 0 Å². The molecule has 0 aromatic rings. The lowest BCUT2D eigenvalue weighted by atomic mass is 9.88. The first-order valence-corrected chi connectivity index (χ1v) is 6.54. The zero-order valence-corrected chi connectivity index (χ0v) is 10.8. The number of aliphatic hydroxyl groups excluding tert-OH is 1. The van der Waals surface area contributed by atoms with Crippen LogP contribution >= 0.6 is 0 Å². The molecule has 15 heavy (non-hydrogen) atoms. The number of hydrogen-bond acceptors (Lipinski definition) is 2. The van der Waals surface area contributed by atoms with E-state index in [0.29, 0.717) is 6.61 Å². The maximum atomic E-state index is 7.88. The fraction of sp³-hybridized carbons (Fsp3) is 1.00. The number of aliphatic hydroxyl groups is 1. The van der Waals surface area contributed by atoms with Gasteiger partial charge >= 0.3 is 0 Å². The summed E-state index contributed by atoms with van der Waals surface area (Å²) < 4.78 is 0. The van der Waals surface area contributed by atoms with Crippen molar-refractivity contribution in [2.24, 2.45) is 5.92 Å². The van der Waals surface area contributed by atoms with Gasteiger partial charge in [-0.2, -0.15) is 0 Å². The molecule has 2 heteroatoms. The SMILES string of the molecule is CCCO.CNC1CCCCCCC1C. The van der Waals surface area contributed by atoms with E-state index in [1.807, 2.05) is 6.92 Å². The van der Waals surface area contributed by atoms with Gasteiger partial charge in [0.1, 0.15) is 0 Å². The molecule has 0 saturated heterocycles. The molecular weight excluding hydrogens is 186 g/mol. The van der Waals surface area contributed by atoms with Gasteiger partial charge in [0.2, 0.25) is 0 Å². The molecule has 0 aliphatic heterocycles. The monoisotopic (exact) mass is 215 g/mol. The Morgan fingerprint density at radius 2 is 1.67 bits per heavy atom. The Balaban J connectivity index is 0.000000423. The van der Waals surface area contributed by atoms with Gasteiger partial charge in [-0.05, 0) is 32.2 Å². The lowest BCUT2D eigenvalue weighted by molar-refractivity contribution is 0.295. The predicted octanol–water partition coefficient (Wildman–Crippen LogP) is 2.95. The smallest absolute Gasteiger partial charge is 0.0428 e. The van der Waals surface area contributed by atoms with Crippen LogP contribution in [0, 0.1) is 5.92 Å². The van der Waals surface area contributed by atoms with Crippen LogP contribution in [0.3, 0.4) is 0 Å². The van der Waals surface area contributed by atoms with E-state index >= 15 is 0 Å². The molecule has 0 radical (unpaired) electrons. The standard InChI is InChI=1S/C10H21N.C3H8O/c1-9-7-5-3-4-6-8-10(9)11-2;1-2-3-4/h9-11H,3-8H2,1-2H3;4H,2-3H2,1H3. The molecule has 2 atom stereocenters. The van der Waals surface area contributed by atoms with Crippen molar-refractivity contribution in [1.29, 1.82) is 0 Å². The van der Waals surface area contributed by atoms with Crippen molar-refractivity contribution in [1.82, 2.24) is 5.32 Å². The molecule has 1 rings (SSSR count). The van der Waals surface area contributed by atoms with E-state index in [2.05, 4.69) is 19.3 Å². The van der Waals surface area contributed by atoms with Crippen molar-refractivity contribution >= 4 is 0 Å². The van der Waals surface area contributed by atoms with Crippen LogP contribution < -0.4 is 5.32 Å². The summed E-state index contributed by atoms with van der Waals surface area (Å²) in [5.74, 6) is 0.889. The van der Waals surface area contributed by atoms with E-state index in [4.69, 9.17) is 5.11 Å². The van der Waals surface area contributed by atoms with Gasteiger partial charge in [0, 0.05) is 12.6 Å². The molecule has 2 N–H and O–H groups in total. The van der Waals surface area contributed by atoms with E-state index in [9.17, 15) is 0 Å². The molecule has 0 bridgehead atoms. The quantitative estimate of drug-likeness (QED) is 0.742. The third-order valence-corrected chi connectivity index (χ3v) is 3.21. The Morgan fingerprint density at radius 1 is 1.13 bits per heavy atom. The highest BCUT2D eigenvalue weighted by molar-refractivity contribution is 4.73. The van der Waals surface area contributed by atoms with Crippen LogP contribution in [-0.4, -0.2) is 24.8 Å². The van der Waals surface area contributed by atoms with E-state index in [0.717, 1.165) is 18.4 Å². The Morgan fingerprint density at radius 3 is 2.13 bits per heavy atom.